The van der Waals surface area contributed by atoms with E-state index in [1.807, 2.05) is 12.1 Å². The van der Waals surface area contributed by atoms with E-state index < -0.39 is 0 Å². The second-order valence-electron chi connectivity index (χ2n) is 7.06. The van der Waals surface area contributed by atoms with E-state index in [1.54, 1.807) is 0 Å². The van der Waals surface area contributed by atoms with Crippen LogP contribution < -0.4 is 5.84 Å². The van der Waals surface area contributed by atoms with E-state index in [9.17, 15) is 9.59 Å². The maximum absolute atomic E-state index is 12.4. The number of hydrogen-bond acceptors (Lipinski definition) is 5. The molecule has 1 aliphatic heterocycles. The highest BCUT2D eigenvalue weighted by Crippen LogP contribution is 2.19. The van der Waals surface area contributed by atoms with Crippen molar-refractivity contribution < 1.29 is 9.59 Å². The Morgan fingerprint density at radius 3 is 2.40 bits per heavy atom. The van der Waals surface area contributed by atoms with Gasteiger partial charge in [0.1, 0.15) is 0 Å². The summed E-state index contributed by atoms with van der Waals surface area (Å²) in [6.07, 6.45) is 2.34. The van der Waals surface area contributed by atoms with Crippen LogP contribution in [0, 0.1) is 0 Å². The quantitative estimate of drug-likeness (QED) is 0.344. The van der Waals surface area contributed by atoms with Crippen molar-refractivity contribution >= 4 is 11.7 Å². The van der Waals surface area contributed by atoms with Gasteiger partial charge in [-0.25, -0.2) is 5.84 Å². The van der Waals surface area contributed by atoms with Gasteiger partial charge >= 0.3 is 0 Å². The van der Waals surface area contributed by atoms with Crippen molar-refractivity contribution in [1.29, 1.82) is 0 Å². The number of Topliss-reactive ketones (excluding diaryl/α,β-unsaturated/α-hetero) is 1. The molecular formula is C19H30N4O2. The monoisotopic (exact) mass is 346 g/mol. The summed E-state index contributed by atoms with van der Waals surface area (Å²) in [6.45, 7) is 4.21. The highest BCUT2D eigenvalue weighted by Gasteiger charge is 2.17. The van der Waals surface area contributed by atoms with Crippen molar-refractivity contribution in [2.24, 2.45) is 5.84 Å². The number of ketones is 1. The summed E-state index contributed by atoms with van der Waals surface area (Å²) in [7, 11) is 5.69. The summed E-state index contributed by atoms with van der Waals surface area (Å²) in [5.74, 6) is 5.17. The molecule has 0 atom stereocenters. The molecule has 0 fully saturated rings. The molecule has 25 heavy (non-hydrogen) atoms. The van der Waals surface area contributed by atoms with Gasteiger partial charge < -0.3 is 9.80 Å². The van der Waals surface area contributed by atoms with Gasteiger partial charge in [0.05, 0.1) is 0 Å². The van der Waals surface area contributed by atoms with Crippen molar-refractivity contribution in [2.75, 3.05) is 47.3 Å². The third kappa shape index (κ3) is 5.92. The van der Waals surface area contributed by atoms with Crippen molar-refractivity contribution in [2.45, 2.75) is 25.7 Å². The highest BCUT2D eigenvalue weighted by atomic mass is 16.2. The molecule has 2 rings (SSSR count). The smallest absolute Gasteiger partial charge is 0.236 e. The third-order valence-corrected chi connectivity index (χ3v) is 4.75. The summed E-state index contributed by atoms with van der Waals surface area (Å²) in [6, 6.07) is 5.99. The second-order valence-corrected chi connectivity index (χ2v) is 7.06. The van der Waals surface area contributed by atoms with E-state index in [1.165, 1.54) is 18.2 Å². The lowest BCUT2D eigenvalue weighted by Gasteiger charge is -2.21. The first-order valence-electron chi connectivity index (χ1n) is 8.90. The lowest BCUT2D eigenvalue weighted by atomic mass is 9.97. The third-order valence-electron chi connectivity index (χ3n) is 4.75. The molecule has 0 unspecified atom stereocenters. The number of hydrogen-bond donors (Lipinski definition) is 1. The Morgan fingerprint density at radius 1 is 1.08 bits per heavy atom. The lowest BCUT2D eigenvalue weighted by molar-refractivity contribution is -0.130. The Labute approximate surface area is 150 Å². The van der Waals surface area contributed by atoms with Gasteiger partial charge in [-0.3, -0.25) is 14.6 Å². The molecule has 6 heteroatoms. The molecule has 0 radical (unpaired) electrons. The number of hydrazine groups is 1. The number of carbonyl (C=O) groups is 2. The van der Waals surface area contributed by atoms with E-state index >= 15 is 0 Å². The Kier molecular flexibility index (Phi) is 7.11. The lowest BCUT2D eigenvalue weighted by Crippen LogP contribution is -2.33. The number of carbonyl (C=O) groups excluding carboxylic acids is 2. The Bertz CT molecular complexity index is 613. The fourth-order valence-corrected chi connectivity index (χ4v) is 3.05. The molecule has 1 amide bonds. The Morgan fingerprint density at radius 2 is 1.76 bits per heavy atom. The van der Waals surface area contributed by atoms with E-state index in [0.717, 1.165) is 44.0 Å². The topological polar surface area (TPSA) is 69.9 Å². The summed E-state index contributed by atoms with van der Waals surface area (Å²) in [5.41, 5.74) is 3.30. The van der Waals surface area contributed by atoms with Crippen molar-refractivity contribution in [3.8, 4) is 0 Å². The minimum absolute atomic E-state index is 0.00621. The first-order valence-corrected chi connectivity index (χ1v) is 8.90. The van der Waals surface area contributed by atoms with Gasteiger partial charge in [-0.1, -0.05) is 12.1 Å². The molecular weight excluding hydrogens is 316 g/mol. The van der Waals surface area contributed by atoms with Crippen LogP contribution in [0.1, 0.15) is 34.3 Å². The molecule has 1 aromatic rings. The normalized spacial score (nSPS) is 14.9. The number of benzene rings is 1. The van der Waals surface area contributed by atoms with E-state index in [0.29, 0.717) is 5.56 Å². The van der Waals surface area contributed by atoms with Gasteiger partial charge in [0.25, 0.3) is 0 Å². The number of rotatable bonds is 7. The van der Waals surface area contributed by atoms with E-state index in [2.05, 4.69) is 30.0 Å². The average molecular weight is 346 g/mol. The molecule has 2 N–H and O–H groups in total. The summed E-state index contributed by atoms with van der Waals surface area (Å²) in [5, 5.41) is 1.03. The van der Waals surface area contributed by atoms with Crippen LogP contribution in [0.4, 0.5) is 0 Å². The number of nitrogens with zero attached hydrogens (tertiary/aromatic N) is 3. The minimum Gasteiger partial charge on any atom is -0.308 e. The molecule has 6 nitrogen and oxygen atoms in total. The molecule has 1 aromatic carbocycles. The predicted octanol–water partition coefficient (Wildman–Crippen LogP) is 0.944. The summed E-state index contributed by atoms with van der Waals surface area (Å²) >= 11 is 0. The van der Waals surface area contributed by atoms with E-state index in [-0.39, 0.29) is 24.5 Å². The minimum atomic E-state index is -0.223. The van der Waals surface area contributed by atoms with Gasteiger partial charge in [-0.2, -0.15) is 0 Å². The number of likely N-dealkylation sites (N-methyl/N-ethyl adjacent to an activating group) is 1. The maximum atomic E-state index is 12.4. The molecule has 0 spiro atoms. The van der Waals surface area contributed by atoms with Gasteiger partial charge in [-0.15, -0.1) is 0 Å². The van der Waals surface area contributed by atoms with Crippen LogP contribution >= 0.6 is 0 Å². The highest BCUT2D eigenvalue weighted by molar-refractivity contribution is 5.98. The van der Waals surface area contributed by atoms with Crippen molar-refractivity contribution in [3.63, 3.8) is 0 Å². The first-order chi connectivity index (χ1) is 11.9. The molecule has 0 bridgehead atoms. The van der Waals surface area contributed by atoms with Crippen LogP contribution in [0.3, 0.4) is 0 Å². The largest absolute Gasteiger partial charge is 0.308 e. The first kappa shape index (κ1) is 19.6. The zero-order valence-electron chi connectivity index (χ0n) is 15.6. The molecule has 0 saturated heterocycles. The number of amides is 1. The van der Waals surface area contributed by atoms with E-state index in [4.69, 9.17) is 5.84 Å². The van der Waals surface area contributed by atoms with Crippen LogP contribution in [-0.2, 0) is 17.6 Å². The number of nitrogens with two attached hydrogens (primary N) is 1. The van der Waals surface area contributed by atoms with Gasteiger partial charge in [0, 0.05) is 51.6 Å². The van der Waals surface area contributed by atoms with Crippen LogP contribution in [0.25, 0.3) is 0 Å². The maximum Gasteiger partial charge on any atom is 0.236 e. The predicted molar refractivity (Wildman–Crippen MR) is 99.4 cm³/mol. The standard InChI is InChI=1S/C19H30N4O2/c1-21(2)12-13-23-10-8-15-4-5-17(14-16(15)9-11-23)18(24)6-7-19(25)22(3)20/h4-5,14H,6-13,20H2,1-3H3. The molecule has 1 aliphatic rings. The average Bonchev–Trinajstić information content (AvgIpc) is 2.79. The molecule has 0 saturated carbocycles. The molecule has 138 valence electrons. The zero-order chi connectivity index (χ0) is 18.4. The Hall–Kier alpha value is -1.76. The second kappa shape index (κ2) is 9.08. The summed E-state index contributed by atoms with van der Waals surface area (Å²) < 4.78 is 0. The number of fused-ring (bicyclic) bond motifs is 1. The van der Waals surface area contributed by atoms with Crippen molar-refractivity contribution in [1.82, 2.24) is 14.8 Å². The van der Waals surface area contributed by atoms with Crippen molar-refractivity contribution in [3.05, 3.63) is 34.9 Å². The van der Waals surface area contributed by atoms with Crippen LogP contribution in [0.15, 0.2) is 18.2 Å². The van der Waals surface area contributed by atoms with Crippen LogP contribution in [0.5, 0.6) is 0 Å². The van der Waals surface area contributed by atoms with Gasteiger partial charge in [-0.05, 0) is 44.1 Å². The molecule has 0 aromatic heterocycles. The fraction of sp³-hybridized carbons (Fsp3) is 0.579. The van der Waals surface area contributed by atoms with Crippen LogP contribution in [0.2, 0.25) is 0 Å². The SMILES string of the molecule is CN(C)CCN1CCc2ccc(C(=O)CCC(=O)N(C)N)cc2CC1. The zero-order valence-corrected chi connectivity index (χ0v) is 15.6. The van der Waals surface area contributed by atoms with Crippen LogP contribution in [-0.4, -0.2) is 73.8 Å². The van der Waals surface area contributed by atoms with Gasteiger partial charge in [0.2, 0.25) is 5.91 Å². The molecule has 1 heterocycles. The van der Waals surface area contributed by atoms with Gasteiger partial charge in [0.15, 0.2) is 5.78 Å². The summed E-state index contributed by atoms with van der Waals surface area (Å²) in [4.78, 5) is 28.6. The molecule has 0 aliphatic carbocycles. The fourth-order valence-electron chi connectivity index (χ4n) is 3.05. The Balaban J connectivity index is 1.96.